The van der Waals surface area contributed by atoms with Gasteiger partial charge in [-0.05, 0) is 59.9 Å². The van der Waals surface area contributed by atoms with Gasteiger partial charge in [0.25, 0.3) is 0 Å². The van der Waals surface area contributed by atoms with Crippen molar-refractivity contribution in [3.63, 3.8) is 0 Å². The van der Waals surface area contributed by atoms with Gasteiger partial charge >= 0.3 is 6.09 Å². The molecule has 0 aliphatic heterocycles. The molecule has 36 heavy (non-hydrogen) atoms. The van der Waals surface area contributed by atoms with Crippen LogP contribution in [0.4, 0.5) is 4.79 Å². The number of alkyl carbamates (subject to hydrolysis) is 1. The fourth-order valence-corrected chi connectivity index (χ4v) is 4.20. The molecular weight excluding hydrogens is 458 g/mol. The number of benzene rings is 1. The molecule has 0 aromatic heterocycles. The maximum absolute atomic E-state index is 13.8. The second-order valence-electron chi connectivity index (χ2n) is 10.6. The summed E-state index contributed by atoms with van der Waals surface area (Å²) < 4.78 is 5.29. The van der Waals surface area contributed by atoms with Crippen molar-refractivity contribution in [2.24, 2.45) is 0 Å². The molecule has 3 unspecified atom stereocenters. The Hall–Kier alpha value is -2.61. The van der Waals surface area contributed by atoms with E-state index in [9.17, 15) is 19.5 Å². The van der Waals surface area contributed by atoms with Gasteiger partial charge in [0.2, 0.25) is 11.8 Å². The molecule has 0 saturated carbocycles. The van der Waals surface area contributed by atoms with Crippen LogP contribution in [0.2, 0.25) is 0 Å². The molecule has 0 fully saturated rings. The Bertz CT molecular complexity index is 845. The molecule has 0 saturated heterocycles. The first-order valence-electron chi connectivity index (χ1n) is 13.1. The van der Waals surface area contributed by atoms with Gasteiger partial charge in [0, 0.05) is 12.6 Å². The van der Waals surface area contributed by atoms with Crippen LogP contribution >= 0.6 is 0 Å². The number of aliphatic hydroxyl groups excluding tert-OH is 1. The molecule has 3 atom stereocenters. The predicted octanol–water partition coefficient (Wildman–Crippen LogP) is 4.55. The van der Waals surface area contributed by atoms with Gasteiger partial charge in [-0.25, -0.2) is 4.79 Å². The minimum atomic E-state index is -1.24. The standard InChI is InChI=1S/C28H47N3O5/c1-9-11-12-14-31(26(34)23(18-32)30-27(35)36-28(6,7)8)24(25(33)29-21(5)13-10-2)22-16-19(3)15-20(4)17-22/h15-17,21,23-24,32H,9-14,18H2,1-8H3,(H,29,33)(H,30,35). The zero-order chi connectivity index (χ0) is 27.5. The SMILES string of the molecule is CCCCCN(C(=O)C(CO)NC(=O)OC(C)(C)C)C(C(=O)NC(C)CCC)c1cc(C)cc(C)c1. The Morgan fingerprint density at radius 1 is 1.00 bits per heavy atom. The first-order chi connectivity index (χ1) is 16.8. The number of rotatable bonds is 13. The smallest absolute Gasteiger partial charge is 0.408 e. The third-order valence-electron chi connectivity index (χ3n) is 5.69. The number of nitrogens with zero attached hydrogens (tertiary/aromatic N) is 1. The van der Waals surface area contributed by atoms with Crippen molar-refractivity contribution in [3.8, 4) is 0 Å². The molecular formula is C28H47N3O5. The van der Waals surface area contributed by atoms with Crippen LogP contribution in [-0.2, 0) is 14.3 Å². The van der Waals surface area contributed by atoms with E-state index in [1.54, 1.807) is 20.8 Å². The van der Waals surface area contributed by atoms with E-state index in [1.165, 1.54) is 4.90 Å². The van der Waals surface area contributed by atoms with Gasteiger partial charge in [-0.15, -0.1) is 0 Å². The second-order valence-corrected chi connectivity index (χ2v) is 10.6. The maximum Gasteiger partial charge on any atom is 0.408 e. The summed E-state index contributed by atoms with van der Waals surface area (Å²) in [5.41, 5.74) is 1.91. The van der Waals surface area contributed by atoms with Crippen molar-refractivity contribution in [1.82, 2.24) is 15.5 Å². The molecule has 0 aliphatic carbocycles. The number of nitrogens with one attached hydrogen (secondary N) is 2. The molecule has 1 rings (SSSR count). The molecule has 1 aromatic carbocycles. The fraction of sp³-hybridized carbons (Fsp3) is 0.679. The summed E-state index contributed by atoms with van der Waals surface area (Å²) in [5, 5.41) is 15.6. The lowest BCUT2D eigenvalue weighted by Gasteiger charge is -2.35. The number of aliphatic hydroxyl groups is 1. The first kappa shape index (κ1) is 31.4. The predicted molar refractivity (Wildman–Crippen MR) is 143 cm³/mol. The molecule has 0 bridgehead atoms. The monoisotopic (exact) mass is 505 g/mol. The minimum absolute atomic E-state index is 0.0583. The molecule has 0 spiro atoms. The maximum atomic E-state index is 13.8. The summed E-state index contributed by atoms with van der Waals surface area (Å²) in [6, 6.07) is 3.64. The lowest BCUT2D eigenvalue weighted by Crippen LogP contribution is -2.55. The summed E-state index contributed by atoms with van der Waals surface area (Å²) in [7, 11) is 0. The van der Waals surface area contributed by atoms with Gasteiger partial charge < -0.3 is 25.4 Å². The van der Waals surface area contributed by atoms with Crippen molar-refractivity contribution < 1.29 is 24.2 Å². The Balaban J connectivity index is 3.46. The van der Waals surface area contributed by atoms with E-state index in [4.69, 9.17) is 4.74 Å². The van der Waals surface area contributed by atoms with E-state index in [-0.39, 0.29) is 11.9 Å². The van der Waals surface area contributed by atoms with Crippen LogP contribution in [0.5, 0.6) is 0 Å². The Kier molecular flexibility index (Phi) is 12.9. The van der Waals surface area contributed by atoms with Crippen LogP contribution in [0, 0.1) is 13.8 Å². The topological polar surface area (TPSA) is 108 Å². The first-order valence-corrected chi connectivity index (χ1v) is 13.1. The van der Waals surface area contributed by atoms with Crippen molar-refractivity contribution in [1.29, 1.82) is 0 Å². The Morgan fingerprint density at radius 3 is 2.11 bits per heavy atom. The quantitative estimate of drug-likeness (QED) is 0.341. The summed E-state index contributed by atoms with van der Waals surface area (Å²) in [4.78, 5) is 41.4. The third-order valence-corrected chi connectivity index (χ3v) is 5.69. The van der Waals surface area contributed by atoms with Crippen LogP contribution in [-0.4, -0.2) is 58.8 Å². The molecule has 1 aromatic rings. The van der Waals surface area contributed by atoms with E-state index in [0.717, 1.165) is 36.8 Å². The Labute approximate surface area is 217 Å². The number of aryl methyl sites for hydroxylation is 2. The zero-order valence-corrected chi connectivity index (χ0v) is 23.4. The van der Waals surface area contributed by atoms with E-state index < -0.39 is 36.3 Å². The average Bonchev–Trinajstić information content (AvgIpc) is 2.74. The van der Waals surface area contributed by atoms with Gasteiger partial charge in [-0.1, -0.05) is 62.4 Å². The van der Waals surface area contributed by atoms with E-state index >= 15 is 0 Å². The van der Waals surface area contributed by atoms with Gasteiger partial charge in [-0.2, -0.15) is 0 Å². The molecule has 3 N–H and O–H groups in total. The van der Waals surface area contributed by atoms with Crippen molar-refractivity contribution in [3.05, 3.63) is 34.9 Å². The lowest BCUT2D eigenvalue weighted by molar-refractivity contribution is -0.143. The number of ether oxygens (including phenoxy) is 1. The number of amides is 3. The van der Waals surface area contributed by atoms with Crippen molar-refractivity contribution in [2.45, 2.75) is 111 Å². The number of unbranched alkanes of at least 4 members (excludes halogenated alkanes) is 2. The third kappa shape index (κ3) is 10.6. The molecule has 8 nitrogen and oxygen atoms in total. The number of hydrogen-bond donors (Lipinski definition) is 3. The molecule has 0 heterocycles. The van der Waals surface area contributed by atoms with Crippen molar-refractivity contribution >= 4 is 17.9 Å². The molecule has 0 radical (unpaired) electrons. The fourth-order valence-electron chi connectivity index (χ4n) is 4.20. The summed E-state index contributed by atoms with van der Waals surface area (Å²) in [6.07, 6.45) is 3.44. The summed E-state index contributed by atoms with van der Waals surface area (Å²) >= 11 is 0. The highest BCUT2D eigenvalue weighted by Gasteiger charge is 2.36. The van der Waals surface area contributed by atoms with Crippen LogP contribution < -0.4 is 10.6 Å². The van der Waals surface area contributed by atoms with Gasteiger partial charge in [0.15, 0.2) is 0 Å². The lowest BCUT2D eigenvalue weighted by atomic mass is 9.97. The van der Waals surface area contributed by atoms with E-state index in [1.807, 2.05) is 39.0 Å². The molecule has 3 amide bonds. The largest absolute Gasteiger partial charge is 0.444 e. The molecule has 8 heteroatoms. The zero-order valence-electron chi connectivity index (χ0n) is 23.4. The minimum Gasteiger partial charge on any atom is -0.444 e. The number of hydrogen-bond acceptors (Lipinski definition) is 5. The van der Waals surface area contributed by atoms with Crippen LogP contribution in [0.15, 0.2) is 18.2 Å². The van der Waals surface area contributed by atoms with Crippen LogP contribution in [0.25, 0.3) is 0 Å². The van der Waals surface area contributed by atoms with Gasteiger partial charge in [0.1, 0.15) is 17.7 Å². The number of carbonyl (C=O) groups excluding carboxylic acids is 3. The van der Waals surface area contributed by atoms with E-state index in [0.29, 0.717) is 18.5 Å². The second kappa shape index (κ2) is 14.8. The van der Waals surface area contributed by atoms with Gasteiger partial charge in [0.05, 0.1) is 6.61 Å². The molecule has 0 aliphatic rings. The van der Waals surface area contributed by atoms with Crippen LogP contribution in [0.1, 0.15) is 96.4 Å². The van der Waals surface area contributed by atoms with Crippen LogP contribution in [0.3, 0.4) is 0 Å². The highest BCUT2D eigenvalue weighted by Crippen LogP contribution is 2.26. The van der Waals surface area contributed by atoms with Crippen molar-refractivity contribution in [2.75, 3.05) is 13.2 Å². The van der Waals surface area contributed by atoms with E-state index in [2.05, 4.69) is 24.5 Å². The summed E-state index contributed by atoms with van der Waals surface area (Å²) in [6.45, 7) is 14.8. The normalized spacial score (nSPS) is 13.9. The average molecular weight is 506 g/mol. The Morgan fingerprint density at radius 2 is 1.61 bits per heavy atom. The number of carbonyl (C=O) groups is 3. The highest BCUT2D eigenvalue weighted by atomic mass is 16.6. The molecule has 204 valence electrons. The highest BCUT2D eigenvalue weighted by molar-refractivity contribution is 5.92. The summed E-state index contributed by atoms with van der Waals surface area (Å²) in [5.74, 6) is -0.804. The van der Waals surface area contributed by atoms with Gasteiger partial charge in [-0.3, -0.25) is 9.59 Å².